The summed E-state index contributed by atoms with van der Waals surface area (Å²) in [6.07, 6.45) is 11.4. The molecule has 100 valence electrons. The second-order valence-electron chi connectivity index (χ2n) is 5.18. The summed E-state index contributed by atoms with van der Waals surface area (Å²) in [7, 11) is 0. The molecule has 20 heavy (non-hydrogen) atoms. The summed E-state index contributed by atoms with van der Waals surface area (Å²) < 4.78 is 1.92. The van der Waals surface area contributed by atoms with Gasteiger partial charge in [-0.3, -0.25) is 4.98 Å². The van der Waals surface area contributed by atoms with E-state index in [0.29, 0.717) is 11.6 Å². The van der Waals surface area contributed by atoms with Gasteiger partial charge >= 0.3 is 0 Å². The third-order valence-corrected chi connectivity index (χ3v) is 3.83. The van der Waals surface area contributed by atoms with Crippen molar-refractivity contribution >= 4 is 5.78 Å². The molecule has 3 heterocycles. The van der Waals surface area contributed by atoms with Crippen molar-refractivity contribution in [3.8, 4) is 11.4 Å². The van der Waals surface area contributed by atoms with Crippen LogP contribution in [0.4, 0.5) is 0 Å². The summed E-state index contributed by atoms with van der Waals surface area (Å²) in [5.41, 5.74) is 3.52. The lowest BCUT2D eigenvalue weighted by atomic mass is 10.1. The quantitative estimate of drug-likeness (QED) is 0.634. The molecular weight excluding hydrogens is 250 g/mol. The van der Waals surface area contributed by atoms with Gasteiger partial charge in [0.25, 0.3) is 5.78 Å². The fraction of sp³-hybridized carbons (Fsp3) is 0.333. The highest BCUT2D eigenvalue weighted by Crippen LogP contribution is 2.22. The monoisotopic (exact) mass is 265 g/mol. The van der Waals surface area contributed by atoms with Crippen molar-refractivity contribution in [2.45, 2.75) is 32.1 Å². The third-order valence-electron chi connectivity index (χ3n) is 3.83. The minimum Gasteiger partial charge on any atom is -0.264 e. The zero-order valence-corrected chi connectivity index (χ0v) is 11.2. The first kappa shape index (κ1) is 11.5. The minimum absolute atomic E-state index is 0.685. The van der Waals surface area contributed by atoms with E-state index < -0.39 is 0 Å². The summed E-state index contributed by atoms with van der Waals surface area (Å²) in [6.45, 7) is 0. The van der Waals surface area contributed by atoms with Crippen LogP contribution >= 0.6 is 0 Å². The maximum atomic E-state index is 4.64. The van der Waals surface area contributed by atoms with E-state index in [4.69, 9.17) is 0 Å². The predicted molar refractivity (Wildman–Crippen MR) is 75.3 cm³/mol. The van der Waals surface area contributed by atoms with E-state index >= 15 is 0 Å². The second kappa shape index (κ2) is 4.67. The van der Waals surface area contributed by atoms with Gasteiger partial charge < -0.3 is 0 Å². The van der Waals surface area contributed by atoms with Crippen molar-refractivity contribution in [3.63, 3.8) is 0 Å². The van der Waals surface area contributed by atoms with Gasteiger partial charge in [0.05, 0.1) is 5.69 Å². The van der Waals surface area contributed by atoms with E-state index in [1.807, 2.05) is 22.8 Å². The first-order valence-electron chi connectivity index (χ1n) is 7.06. The number of aryl methyl sites for hydroxylation is 2. The largest absolute Gasteiger partial charge is 0.264 e. The van der Waals surface area contributed by atoms with Crippen LogP contribution in [-0.4, -0.2) is 24.6 Å². The smallest absolute Gasteiger partial charge is 0.252 e. The van der Waals surface area contributed by atoms with Gasteiger partial charge in [-0.2, -0.15) is 4.98 Å². The van der Waals surface area contributed by atoms with Crippen LogP contribution in [0, 0.1) is 0 Å². The Morgan fingerprint density at radius 1 is 1.05 bits per heavy atom. The molecule has 0 fully saturated rings. The molecule has 0 aromatic carbocycles. The molecule has 0 saturated heterocycles. The molecule has 0 spiro atoms. The van der Waals surface area contributed by atoms with Gasteiger partial charge in [0.1, 0.15) is 0 Å². The van der Waals surface area contributed by atoms with Crippen LogP contribution in [0.1, 0.15) is 30.5 Å². The SMILES string of the molecule is c1cncc(-c2nc3ncc4c(n3n2)CCCCC4)c1. The molecule has 0 bridgehead atoms. The van der Waals surface area contributed by atoms with Crippen LogP contribution in [-0.2, 0) is 12.8 Å². The number of hydrogen-bond donors (Lipinski definition) is 0. The summed E-state index contributed by atoms with van der Waals surface area (Å²) >= 11 is 0. The van der Waals surface area contributed by atoms with Crippen molar-refractivity contribution in [3.05, 3.63) is 42.0 Å². The Hall–Kier alpha value is -2.30. The second-order valence-corrected chi connectivity index (χ2v) is 5.18. The van der Waals surface area contributed by atoms with Crippen LogP contribution in [0.2, 0.25) is 0 Å². The lowest BCUT2D eigenvalue weighted by Crippen LogP contribution is -2.04. The number of nitrogens with zero attached hydrogens (tertiary/aromatic N) is 5. The molecular formula is C15H15N5. The highest BCUT2D eigenvalue weighted by molar-refractivity contribution is 5.55. The van der Waals surface area contributed by atoms with E-state index in [1.54, 1.807) is 12.4 Å². The normalized spacial score (nSPS) is 15.0. The minimum atomic E-state index is 0.685. The van der Waals surface area contributed by atoms with Crippen molar-refractivity contribution < 1.29 is 0 Å². The first-order valence-corrected chi connectivity index (χ1v) is 7.06. The topological polar surface area (TPSA) is 56.0 Å². The zero-order valence-electron chi connectivity index (χ0n) is 11.2. The average molecular weight is 265 g/mol. The number of rotatable bonds is 1. The van der Waals surface area contributed by atoms with Crippen molar-refractivity contribution in [2.24, 2.45) is 0 Å². The summed E-state index contributed by atoms with van der Waals surface area (Å²) in [4.78, 5) is 13.1. The van der Waals surface area contributed by atoms with Crippen LogP contribution in [0.25, 0.3) is 17.2 Å². The lowest BCUT2D eigenvalue weighted by Gasteiger charge is -2.05. The van der Waals surface area contributed by atoms with Crippen molar-refractivity contribution in [2.75, 3.05) is 0 Å². The molecule has 0 N–H and O–H groups in total. The van der Waals surface area contributed by atoms with Crippen LogP contribution in [0.15, 0.2) is 30.7 Å². The Labute approximate surface area is 116 Å². The molecule has 0 saturated carbocycles. The van der Waals surface area contributed by atoms with E-state index in [2.05, 4.69) is 20.1 Å². The molecule has 5 nitrogen and oxygen atoms in total. The van der Waals surface area contributed by atoms with Crippen LogP contribution in [0.5, 0.6) is 0 Å². The maximum Gasteiger partial charge on any atom is 0.252 e. The highest BCUT2D eigenvalue weighted by Gasteiger charge is 2.15. The van der Waals surface area contributed by atoms with E-state index in [1.165, 1.54) is 30.5 Å². The Morgan fingerprint density at radius 3 is 2.90 bits per heavy atom. The van der Waals surface area contributed by atoms with Crippen molar-refractivity contribution in [1.82, 2.24) is 24.6 Å². The van der Waals surface area contributed by atoms with Gasteiger partial charge in [0.15, 0.2) is 5.82 Å². The average Bonchev–Trinajstić information content (AvgIpc) is 2.79. The Morgan fingerprint density at radius 2 is 2.00 bits per heavy atom. The van der Waals surface area contributed by atoms with Crippen LogP contribution < -0.4 is 0 Å². The molecule has 0 radical (unpaired) electrons. The molecule has 3 aromatic rings. The van der Waals surface area contributed by atoms with Gasteiger partial charge in [0, 0.05) is 24.2 Å². The Balaban J connectivity index is 1.89. The van der Waals surface area contributed by atoms with Gasteiger partial charge in [0.2, 0.25) is 0 Å². The maximum absolute atomic E-state index is 4.64. The van der Waals surface area contributed by atoms with Crippen LogP contribution in [0.3, 0.4) is 0 Å². The fourth-order valence-corrected chi connectivity index (χ4v) is 2.79. The molecule has 1 aliphatic rings. The summed E-state index contributed by atoms with van der Waals surface area (Å²) in [5, 5.41) is 4.64. The number of aromatic nitrogens is 5. The molecule has 3 aromatic heterocycles. The predicted octanol–water partition coefficient (Wildman–Crippen LogP) is 2.46. The molecule has 0 atom stereocenters. The lowest BCUT2D eigenvalue weighted by molar-refractivity contribution is 0.702. The van der Waals surface area contributed by atoms with Gasteiger partial charge in [-0.25, -0.2) is 9.50 Å². The third kappa shape index (κ3) is 1.86. The van der Waals surface area contributed by atoms with Gasteiger partial charge in [-0.1, -0.05) is 6.42 Å². The van der Waals surface area contributed by atoms with Gasteiger partial charge in [-0.15, -0.1) is 5.10 Å². The Bertz CT molecular complexity index is 748. The molecule has 0 unspecified atom stereocenters. The highest BCUT2D eigenvalue weighted by atomic mass is 15.3. The molecule has 0 aliphatic heterocycles. The standard InChI is InChI=1S/C15H15N5/c1-2-5-11-10-17-15-18-14(12-6-4-8-16-9-12)19-20(15)13(11)7-3-1/h4,6,8-10H,1-3,5,7H2. The number of pyridine rings is 1. The van der Waals surface area contributed by atoms with Gasteiger partial charge in [-0.05, 0) is 43.4 Å². The zero-order chi connectivity index (χ0) is 13.4. The fourth-order valence-electron chi connectivity index (χ4n) is 2.79. The summed E-state index contributed by atoms with van der Waals surface area (Å²) in [5.74, 6) is 1.38. The van der Waals surface area contributed by atoms with E-state index in [-0.39, 0.29) is 0 Å². The van der Waals surface area contributed by atoms with E-state index in [0.717, 1.165) is 18.4 Å². The number of hydrogen-bond acceptors (Lipinski definition) is 4. The van der Waals surface area contributed by atoms with Crippen molar-refractivity contribution in [1.29, 1.82) is 0 Å². The molecule has 1 aliphatic carbocycles. The Kier molecular flexibility index (Phi) is 2.69. The summed E-state index contributed by atoms with van der Waals surface area (Å²) in [6, 6.07) is 3.87. The first-order chi connectivity index (χ1) is 9.92. The molecule has 5 heteroatoms. The molecule has 0 amide bonds. The number of fused-ring (bicyclic) bond motifs is 3. The van der Waals surface area contributed by atoms with E-state index in [9.17, 15) is 0 Å². The molecule has 4 rings (SSSR count).